The Hall–Kier alpha value is -1.01. The van der Waals surface area contributed by atoms with Crippen LogP contribution in [0.25, 0.3) is 0 Å². The summed E-state index contributed by atoms with van der Waals surface area (Å²) in [5.74, 6) is 6.13. The molecule has 0 amide bonds. The van der Waals surface area contributed by atoms with Crippen molar-refractivity contribution in [1.29, 1.82) is 0 Å². The van der Waals surface area contributed by atoms with Gasteiger partial charge in [0.15, 0.2) is 6.29 Å². The second kappa shape index (κ2) is 5.18. The van der Waals surface area contributed by atoms with Crippen LogP contribution in [0.5, 0.6) is 0 Å². The van der Waals surface area contributed by atoms with E-state index in [2.05, 4.69) is 11.8 Å². The summed E-state index contributed by atoms with van der Waals surface area (Å²) < 4.78 is 10.8. The summed E-state index contributed by atoms with van der Waals surface area (Å²) in [6.45, 7) is 1.31. The average Bonchev–Trinajstić information content (AvgIpc) is 2.80. The minimum absolute atomic E-state index is 0.234. The van der Waals surface area contributed by atoms with Crippen molar-refractivity contribution >= 4 is 11.6 Å². The Kier molecular flexibility index (Phi) is 3.63. The van der Waals surface area contributed by atoms with Crippen molar-refractivity contribution in [2.24, 2.45) is 0 Å². The first kappa shape index (κ1) is 10.5. The Morgan fingerprint density at radius 1 is 1.33 bits per heavy atom. The van der Waals surface area contributed by atoms with Gasteiger partial charge in [-0.25, -0.2) is 0 Å². The molecular formula is C12H11ClO2. The number of alkyl halides is 1. The fourth-order valence-corrected chi connectivity index (χ4v) is 1.52. The van der Waals surface area contributed by atoms with Crippen LogP contribution in [0.3, 0.4) is 0 Å². The monoisotopic (exact) mass is 222 g/mol. The van der Waals surface area contributed by atoms with Crippen molar-refractivity contribution in [3.05, 3.63) is 35.4 Å². The Bertz CT molecular complexity index is 386. The molecule has 2 rings (SSSR count). The molecule has 1 saturated heterocycles. The minimum Gasteiger partial charge on any atom is -0.346 e. The number of rotatable bonds is 1. The first-order valence-corrected chi connectivity index (χ1v) is 5.31. The zero-order valence-electron chi connectivity index (χ0n) is 8.20. The molecule has 0 spiro atoms. The molecule has 1 heterocycles. The molecule has 2 nitrogen and oxygen atoms in total. The third-order valence-electron chi connectivity index (χ3n) is 2.08. The third kappa shape index (κ3) is 2.73. The lowest BCUT2D eigenvalue weighted by atomic mass is 10.1. The standard InChI is InChI=1S/C12H11ClO2/c13-6-2-4-10-3-1-5-11(9-10)12-14-7-8-15-12/h1,3,5,9,12H,6-8H2. The van der Waals surface area contributed by atoms with Gasteiger partial charge in [-0.05, 0) is 12.1 Å². The van der Waals surface area contributed by atoms with Crippen molar-refractivity contribution in [1.82, 2.24) is 0 Å². The van der Waals surface area contributed by atoms with E-state index in [1.807, 2.05) is 24.3 Å². The van der Waals surface area contributed by atoms with Gasteiger partial charge in [0.05, 0.1) is 19.1 Å². The van der Waals surface area contributed by atoms with Crippen LogP contribution < -0.4 is 0 Å². The van der Waals surface area contributed by atoms with Crippen LogP contribution in [0.15, 0.2) is 24.3 Å². The summed E-state index contributed by atoms with van der Waals surface area (Å²) >= 11 is 5.50. The highest BCUT2D eigenvalue weighted by molar-refractivity contribution is 6.19. The lowest BCUT2D eigenvalue weighted by Gasteiger charge is -2.08. The topological polar surface area (TPSA) is 18.5 Å². The molecule has 1 aromatic rings. The molecule has 0 aliphatic carbocycles. The predicted molar refractivity (Wildman–Crippen MR) is 58.7 cm³/mol. The van der Waals surface area contributed by atoms with E-state index in [4.69, 9.17) is 21.1 Å². The van der Waals surface area contributed by atoms with E-state index in [-0.39, 0.29) is 6.29 Å². The number of ether oxygens (including phenoxy) is 2. The zero-order chi connectivity index (χ0) is 10.5. The molecule has 15 heavy (non-hydrogen) atoms. The van der Waals surface area contributed by atoms with Crippen molar-refractivity contribution in [3.63, 3.8) is 0 Å². The molecule has 0 radical (unpaired) electrons. The lowest BCUT2D eigenvalue weighted by molar-refractivity contribution is -0.0441. The van der Waals surface area contributed by atoms with Crippen LogP contribution >= 0.6 is 11.6 Å². The Morgan fingerprint density at radius 2 is 2.13 bits per heavy atom. The molecule has 0 saturated carbocycles. The van der Waals surface area contributed by atoms with E-state index in [0.717, 1.165) is 11.1 Å². The van der Waals surface area contributed by atoms with Gasteiger partial charge in [-0.15, -0.1) is 11.6 Å². The van der Waals surface area contributed by atoms with Crippen molar-refractivity contribution in [3.8, 4) is 11.8 Å². The smallest absolute Gasteiger partial charge is 0.184 e. The van der Waals surface area contributed by atoms with Crippen LogP contribution in [0.4, 0.5) is 0 Å². The second-order valence-corrected chi connectivity index (χ2v) is 3.40. The maximum absolute atomic E-state index is 5.50. The molecule has 1 aromatic carbocycles. The largest absolute Gasteiger partial charge is 0.346 e. The normalized spacial score (nSPS) is 16.1. The number of benzene rings is 1. The van der Waals surface area contributed by atoms with Crippen LogP contribution in [0, 0.1) is 11.8 Å². The summed E-state index contributed by atoms with van der Waals surface area (Å²) in [7, 11) is 0. The molecule has 3 heteroatoms. The Balaban J connectivity index is 2.18. The van der Waals surface area contributed by atoms with E-state index in [0.29, 0.717) is 19.1 Å². The zero-order valence-corrected chi connectivity index (χ0v) is 8.96. The molecule has 1 aliphatic heterocycles. The van der Waals surface area contributed by atoms with Gasteiger partial charge in [-0.2, -0.15) is 0 Å². The summed E-state index contributed by atoms with van der Waals surface area (Å²) in [5, 5.41) is 0. The first-order chi connectivity index (χ1) is 7.40. The summed E-state index contributed by atoms with van der Waals surface area (Å²) in [5.41, 5.74) is 1.95. The highest BCUT2D eigenvalue weighted by Gasteiger charge is 2.17. The van der Waals surface area contributed by atoms with Crippen LogP contribution in [0.2, 0.25) is 0 Å². The molecule has 1 fully saturated rings. The second-order valence-electron chi connectivity index (χ2n) is 3.13. The maximum atomic E-state index is 5.50. The van der Waals surface area contributed by atoms with E-state index in [9.17, 15) is 0 Å². The van der Waals surface area contributed by atoms with Gasteiger partial charge < -0.3 is 9.47 Å². The first-order valence-electron chi connectivity index (χ1n) is 4.78. The molecule has 0 unspecified atom stereocenters. The molecule has 78 valence electrons. The molecular weight excluding hydrogens is 212 g/mol. The minimum atomic E-state index is -0.234. The third-order valence-corrected chi connectivity index (χ3v) is 2.21. The Labute approximate surface area is 94.1 Å². The van der Waals surface area contributed by atoms with Gasteiger partial charge in [-0.1, -0.05) is 24.0 Å². The fraction of sp³-hybridized carbons (Fsp3) is 0.333. The molecule has 0 aromatic heterocycles. The number of hydrogen-bond donors (Lipinski definition) is 0. The molecule has 0 atom stereocenters. The van der Waals surface area contributed by atoms with Crippen LogP contribution in [0.1, 0.15) is 17.4 Å². The van der Waals surface area contributed by atoms with E-state index in [1.165, 1.54) is 0 Å². The lowest BCUT2D eigenvalue weighted by Crippen LogP contribution is -1.97. The van der Waals surface area contributed by atoms with Crippen LogP contribution in [-0.2, 0) is 9.47 Å². The van der Waals surface area contributed by atoms with Crippen molar-refractivity contribution in [2.45, 2.75) is 6.29 Å². The summed E-state index contributed by atoms with van der Waals surface area (Å²) in [6, 6.07) is 7.83. The quantitative estimate of drug-likeness (QED) is 0.536. The highest BCUT2D eigenvalue weighted by Crippen LogP contribution is 2.23. The number of hydrogen-bond acceptors (Lipinski definition) is 2. The van der Waals surface area contributed by atoms with Crippen molar-refractivity contribution < 1.29 is 9.47 Å². The van der Waals surface area contributed by atoms with E-state index in [1.54, 1.807) is 0 Å². The maximum Gasteiger partial charge on any atom is 0.184 e. The van der Waals surface area contributed by atoms with Gasteiger partial charge in [-0.3, -0.25) is 0 Å². The number of halogens is 1. The Morgan fingerprint density at radius 3 is 2.87 bits per heavy atom. The van der Waals surface area contributed by atoms with Crippen molar-refractivity contribution in [2.75, 3.05) is 19.1 Å². The molecule has 0 N–H and O–H groups in total. The summed E-state index contributed by atoms with van der Waals surface area (Å²) in [6.07, 6.45) is -0.234. The van der Waals surface area contributed by atoms with Gasteiger partial charge in [0.1, 0.15) is 0 Å². The highest BCUT2D eigenvalue weighted by atomic mass is 35.5. The molecule has 0 bridgehead atoms. The van der Waals surface area contributed by atoms with E-state index < -0.39 is 0 Å². The van der Waals surface area contributed by atoms with Gasteiger partial charge in [0, 0.05) is 11.1 Å². The van der Waals surface area contributed by atoms with Gasteiger partial charge >= 0.3 is 0 Å². The average molecular weight is 223 g/mol. The van der Waals surface area contributed by atoms with Crippen LogP contribution in [-0.4, -0.2) is 19.1 Å². The van der Waals surface area contributed by atoms with Gasteiger partial charge in [0.2, 0.25) is 0 Å². The predicted octanol–water partition coefficient (Wildman–Crippen LogP) is 2.32. The molecule has 1 aliphatic rings. The van der Waals surface area contributed by atoms with E-state index >= 15 is 0 Å². The SMILES string of the molecule is ClCC#Cc1cccc(C2OCCO2)c1. The van der Waals surface area contributed by atoms with Gasteiger partial charge in [0.25, 0.3) is 0 Å². The summed E-state index contributed by atoms with van der Waals surface area (Å²) in [4.78, 5) is 0. The fourth-order valence-electron chi connectivity index (χ4n) is 1.45.